The molecule has 2 aliphatic rings. The molecule has 0 unspecified atom stereocenters. The molecule has 6 nitrogen and oxygen atoms in total. The van der Waals surface area contributed by atoms with Crippen molar-refractivity contribution in [2.24, 2.45) is 5.92 Å². The maximum Gasteiger partial charge on any atom is 0.219 e. The fourth-order valence-corrected chi connectivity index (χ4v) is 4.53. The molecular weight excluding hydrogens is 314 g/mol. The molecule has 0 aromatic rings. The van der Waals surface area contributed by atoms with Gasteiger partial charge < -0.3 is 9.80 Å². The van der Waals surface area contributed by atoms with E-state index in [1.807, 2.05) is 4.90 Å². The minimum Gasteiger partial charge on any atom is -0.342 e. The standard InChI is InChI=1S/C16H31N3O3S/c1-4-23(21,22)11-10-17-12-14(2)16(13-17)19-7-5-6-18(8-9-19)15(3)20/h14,16H,4-13H2,1-3H3/t14-,16-/m0/s1. The Morgan fingerprint density at radius 1 is 1.13 bits per heavy atom. The number of likely N-dealkylation sites (tertiary alicyclic amines) is 1. The van der Waals surface area contributed by atoms with Crippen molar-refractivity contribution in [3.8, 4) is 0 Å². The smallest absolute Gasteiger partial charge is 0.219 e. The molecule has 2 fully saturated rings. The van der Waals surface area contributed by atoms with Gasteiger partial charge in [0.15, 0.2) is 9.84 Å². The van der Waals surface area contributed by atoms with E-state index in [1.54, 1.807) is 13.8 Å². The first-order valence-electron chi connectivity index (χ1n) is 8.74. The molecule has 0 spiro atoms. The first kappa shape index (κ1) is 18.7. The molecule has 2 heterocycles. The van der Waals surface area contributed by atoms with Crippen molar-refractivity contribution in [3.05, 3.63) is 0 Å². The van der Waals surface area contributed by atoms with Crippen molar-refractivity contribution in [1.29, 1.82) is 0 Å². The zero-order valence-corrected chi connectivity index (χ0v) is 15.5. The van der Waals surface area contributed by atoms with Crippen LogP contribution in [0.5, 0.6) is 0 Å². The molecule has 0 aliphatic carbocycles. The highest BCUT2D eigenvalue weighted by Crippen LogP contribution is 2.23. The molecule has 134 valence electrons. The monoisotopic (exact) mass is 345 g/mol. The number of sulfone groups is 1. The molecule has 2 rings (SSSR count). The second-order valence-electron chi connectivity index (χ2n) is 6.94. The minimum atomic E-state index is -2.89. The number of carbonyl (C=O) groups is 1. The average molecular weight is 346 g/mol. The van der Waals surface area contributed by atoms with Crippen LogP contribution in [0.2, 0.25) is 0 Å². The van der Waals surface area contributed by atoms with E-state index in [1.165, 1.54) is 0 Å². The zero-order chi connectivity index (χ0) is 17.0. The predicted octanol–water partition coefficient (Wildman–Crippen LogP) is 0.296. The number of hydrogen-bond acceptors (Lipinski definition) is 5. The second-order valence-corrected chi connectivity index (χ2v) is 9.41. The summed E-state index contributed by atoms with van der Waals surface area (Å²) in [5, 5.41) is 0. The van der Waals surface area contributed by atoms with Gasteiger partial charge in [0.05, 0.1) is 5.75 Å². The average Bonchev–Trinajstić information content (AvgIpc) is 2.72. The third-order valence-electron chi connectivity index (χ3n) is 5.25. The van der Waals surface area contributed by atoms with Gasteiger partial charge in [0.1, 0.15) is 0 Å². The number of carbonyl (C=O) groups excluding carboxylic acids is 1. The van der Waals surface area contributed by atoms with Crippen LogP contribution < -0.4 is 0 Å². The highest BCUT2D eigenvalue weighted by Gasteiger charge is 2.34. The summed E-state index contributed by atoms with van der Waals surface area (Å²) in [6.07, 6.45) is 1.02. The molecule has 23 heavy (non-hydrogen) atoms. The quantitative estimate of drug-likeness (QED) is 0.717. The lowest BCUT2D eigenvalue weighted by atomic mass is 10.0. The van der Waals surface area contributed by atoms with Crippen LogP contribution in [0.4, 0.5) is 0 Å². The summed E-state index contributed by atoms with van der Waals surface area (Å²) in [5.41, 5.74) is 0. The van der Waals surface area contributed by atoms with Gasteiger partial charge >= 0.3 is 0 Å². The normalized spacial score (nSPS) is 28.0. The van der Waals surface area contributed by atoms with Crippen LogP contribution in [0.15, 0.2) is 0 Å². The van der Waals surface area contributed by atoms with E-state index in [9.17, 15) is 13.2 Å². The van der Waals surface area contributed by atoms with Crippen LogP contribution in [-0.4, -0.2) is 92.4 Å². The topological polar surface area (TPSA) is 60.9 Å². The summed E-state index contributed by atoms with van der Waals surface area (Å²) in [7, 11) is -2.89. The van der Waals surface area contributed by atoms with Crippen LogP contribution >= 0.6 is 0 Å². The van der Waals surface area contributed by atoms with Crippen LogP contribution in [0.3, 0.4) is 0 Å². The predicted molar refractivity (Wildman–Crippen MR) is 92.2 cm³/mol. The highest BCUT2D eigenvalue weighted by atomic mass is 32.2. The lowest BCUT2D eigenvalue weighted by Crippen LogP contribution is -2.43. The Labute approximate surface area is 140 Å². The van der Waals surface area contributed by atoms with Gasteiger partial charge in [-0.1, -0.05) is 13.8 Å². The Bertz CT molecular complexity index is 509. The summed E-state index contributed by atoms with van der Waals surface area (Å²) in [6, 6.07) is 0.478. The molecule has 0 aromatic carbocycles. The Morgan fingerprint density at radius 2 is 1.87 bits per heavy atom. The molecule has 0 saturated carbocycles. The Kier molecular flexibility index (Phi) is 6.45. The summed E-state index contributed by atoms with van der Waals surface area (Å²) in [4.78, 5) is 18.3. The number of nitrogens with zero attached hydrogens (tertiary/aromatic N) is 3. The number of hydrogen-bond donors (Lipinski definition) is 0. The largest absolute Gasteiger partial charge is 0.342 e. The Balaban J connectivity index is 1.87. The van der Waals surface area contributed by atoms with Crippen LogP contribution in [-0.2, 0) is 14.6 Å². The fraction of sp³-hybridized carbons (Fsp3) is 0.938. The van der Waals surface area contributed by atoms with Crippen molar-refractivity contribution in [3.63, 3.8) is 0 Å². The van der Waals surface area contributed by atoms with Crippen LogP contribution in [0.25, 0.3) is 0 Å². The second kappa shape index (κ2) is 7.94. The maximum absolute atomic E-state index is 11.7. The molecule has 2 saturated heterocycles. The highest BCUT2D eigenvalue weighted by molar-refractivity contribution is 7.91. The van der Waals surface area contributed by atoms with E-state index in [-0.39, 0.29) is 17.4 Å². The molecule has 2 aliphatic heterocycles. The van der Waals surface area contributed by atoms with Gasteiger partial charge in [0.25, 0.3) is 0 Å². The molecule has 2 atom stereocenters. The van der Waals surface area contributed by atoms with E-state index in [0.717, 1.165) is 45.7 Å². The summed E-state index contributed by atoms with van der Waals surface area (Å²) < 4.78 is 23.4. The summed E-state index contributed by atoms with van der Waals surface area (Å²) in [6.45, 7) is 11.8. The third-order valence-corrected chi connectivity index (χ3v) is 6.94. The molecule has 1 amide bonds. The van der Waals surface area contributed by atoms with Gasteiger partial charge in [-0.3, -0.25) is 9.69 Å². The summed E-state index contributed by atoms with van der Waals surface area (Å²) in [5.74, 6) is 1.20. The first-order chi connectivity index (χ1) is 10.8. The number of amides is 1. The van der Waals surface area contributed by atoms with E-state index in [4.69, 9.17) is 0 Å². The Hall–Kier alpha value is -0.660. The molecular formula is C16H31N3O3S. The van der Waals surface area contributed by atoms with Gasteiger partial charge in [-0.15, -0.1) is 0 Å². The van der Waals surface area contributed by atoms with Crippen molar-refractivity contribution >= 4 is 15.7 Å². The fourth-order valence-electron chi connectivity index (χ4n) is 3.70. The molecule has 0 aromatic heterocycles. The van der Waals surface area contributed by atoms with Crippen LogP contribution in [0.1, 0.15) is 27.2 Å². The lowest BCUT2D eigenvalue weighted by Gasteiger charge is -2.30. The molecule has 0 bridgehead atoms. The number of rotatable bonds is 5. The van der Waals surface area contributed by atoms with Gasteiger partial charge in [0.2, 0.25) is 5.91 Å². The van der Waals surface area contributed by atoms with Crippen LogP contribution in [0, 0.1) is 5.92 Å². The van der Waals surface area contributed by atoms with E-state index in [2.05, 4.69) is 16.7 Å². The van der Waals surface area contributed by atoms with E-state index in [0.29, 0.717) is 18.5 Å². The van der Waals surface area contributed by atoms with Crippen molar-refractivity contribution < 1.29 is 13.2 Å². The zero-order valence-electron chi connectivity index (χ0n) is 14.7. The van der Waals surface area contributed by atoms with E-state index < -0.39 is 9.84 Å². The minimum absolute atomic E-state index is 0.165. The maximum atomic E-state index is 11.7. The third kappa shape index (κ3) is 5.16. The SMILES string of the molecule is CCS(=O)(=O)CCN1C[C@H](C)[C@@H](N2CCCN(C(C)=O)CC2)C1. The van der Waals surface area contributed by atoms with Gasteiger partial charge in [-0.05, 0) is 12.3 Å². The lowest BCUT2D eigenvalue weighted by molar-refractivity contribution is -0.128. The van der Waals surface area contributed by atoms with Gasteiger partial charge in [0, 0.05) is 64.5 Å². The van der Waals surface area contributed by atoms with Gasteiger partial charge in [-0.25, -0.2) is 8.42 Å². The van der Waals surface area contributed by atoms with Crippen molar-refractivity contribution in [1.82, 2.24) is 14.7 Å². The molecule has 7 heteroatoms. The van der Waals surface area contributed by atoms with Crippen molar-refractivity contribution in [2.45, 2.75) is 33.2 Å². The van der Waals surface area contributed by atoms with Gasteiger partial charge in [-0.2, -0.15) is 0 Å². The molecule has 0 N–H and O–H groups in total. The van der Waals surface area contributed by atoms with Crippen molar-refractivity contribution in [2.75, 3.05) is 57.3 Å². The Morgan fingerprint density at radius 3 is 2.52 bits per heavy atom. The summed E-state index contributed by atoms with van der Waals surface area (Å²) >= 11 is 0. The van der Waals surface area contributed by atoms with E-state index >= 15 is 0 Å². The first-order valence-corrected chi connectivity index (χ1v) is 10.6. The molecule has 0 radical (unpaired) electrons.